The van der Waals surface area contributed by atoms with Gasteiger partial charge in [-0.05, 0) is 60.0 Å². The van der Waals surface area contributed by atoms with Gasteiger partial charge >= 0.3 is 0 Å². The van der Waals surface area contributed by atoms with Gasteiger partial charge in [0.1, 0.15) is 0 Å². The monoisotopic (exact) mass is 365 g/mol. The van der Waals surface area contributed by atoms with Crippen LogP contribution in [-0.2, 0) is 13.0 Å². The molecule has 0 bridgehead atoms. The van der Waals surface area contributed by atoms with Gasteiger partial charge in [0.2, 0.25) is 0 Å². The molecule has 0 radical (unpaired) electrons. The van der Waals surface area contributed by atoms with E-state index in [1.165, 1.54) is 33.3 Å². The van der Waals surface area contributed by atoms with Crippen molar-refractivity contribution >= 4 is 34.3 Å². The molecule has 26 heavy (non-hydrogen) atoms. The van der Waals surface area contributed by atoms with E-state index in [-0.39, 0.29) is 0 Å². The highest BCUT2D eigenvalue weighted by Gasteiger charge is 2.22. The molecule has 134 valence electrons. The highest BCUT2D eigenvalue weighted by atomic mass is 35.5. The van der Waals surface area contributed by atoms with Crippen LogP contribution in [0, 0.1) is 5.92 Å². The first kappa shape index (κ1) is 17.3. The first-order valence-electron chi connectivity index (χ1n) is 9.16. The third-order valence-electron chi connectivity index (χ3n) is 5.24. The van der Waals surface area contributed by atoms with E-state index < -0.39 is 0 Å². The third-order valence-corrected chi connectivity index (χ3v) is 5.48. The van der Waals surface area contributed by atoms with Crippen LogP contribution >= 0.6 is 11.6 Å². The van der Waals surface area contributed by atoms with Crippen molar-refractivity contribution in [3.8, 4) is 0 Å². The summed E-state index contributed by atoms with van der Waals surface area (Å²) in [6.45, 7) is 6.54. The fourth-order valence-corrected chi connectivity index (χ4v) is 4.06. The second kappa shape index (κ2) is 6.90. The van der Waals surface area contributed by atoms with E-state index in [1.807, 2.05) is 18.5 Å². The van der Waals surface area contributed by atoms with Crippen LogP contribution in [0.2, 0.25) is 5.02 Å². The first-order valence-corrected chi connectivity index (χ1v) is 9.54. The molecule has 1 aliphatic heterocycles. The van der Waals surface area contributed by atoms with Gasteiger partial charge in [-0.2, -0.15) is 0 Å². The number of nitrogens with zero attached hydrogens (tertiary/aromatic N) is 3. The van der Waals surface area contributed by atoms with Crippen LogP contribution in [0.1, 0.15) is 30.7 Å². The van der Waals surface area contributed by atoms with Crippen LogP contribution in [0.15, 0.2) is 42.7 Å². The summed E-state index contributed by atoms with van der Waals surface area (Å²) < 4.78 is 2.39. The first-order chi connectivity index (χ1) is 12.5. The Morgan fingerprint density at radius 2 is 1.96 bits per heavy atom. The van der Waals surface area contributed by atoms with Crippen molar-refractivity contribution < 1.29 is 0 Å². The number of benzene rings is 1. The van der Waals surface area contributed by atoms with E-state index in [4.69, 9.17) is 11.6 Å². The zero-order valence-electron chi connectivity index (χ0n) is 15.5. The lowest BCUT2D eigenvalue weighted by Gasteiger charge is -2.24. The van der Waals surface area contributed by atoms with Crippen LogP contribution in [0.3, 0.4) is 0 Å². The molecule has 2 aromatic heterocycles. The molecule has 1 aromatic carbocycles. The zero-order chi connectivity index (χ0) is 18.3. The van der Waals surface area contributed by atoms with Crippen LogP contribution in [-0.4, -0.2) is 28.0 Å². The molecule has 0 aliphatic carbocycles. The SMILES string of the molecule is CC(C)/C(=C/n1c2c(c3cc(Cl)ccc31)CN(C)CC2)c1ccncc1. The van der Waals surface area contributed by atoms with Gasteiger partial charge in [0, 0.05) is 54.2 Å². The fourth-order valence-electron chi connectivity index (χ4n) is 3.89. The quantitative estimate of drug-likeness (QED) is 0.625. The number of allylic oxidation sites excluding steroid dienone is 1. The topological polar surface area (TPSA) is 21.1 Å². The summed E-state index contributed by atoms with van der Waals surface area (Å²) in [7, 11) is 2.18. The van der Waals surface area contributed by atoms with Gasteiger partial charge in [0.05, 0.1) is 5.52 Å². The van der Waals surface area contributed by atoms with Gasteiger partial charge in [-0.15, -0.1) is 0 Å². The highest BCUT2D eigenvalue weighted by molar-refractivity contribution is 6.31. The van der Waals surface area contributed by atoms with Crippen LogP contribution in [0.25, 0.3) is 22.7 Å². The van der Waals surface area contributed by atoms with Gasteiger partial charge in [0.15, 0.2) is 0 Å². The molecule has 0 unspecified atom stereocenters. The summed E-state index contributed by atoms with van der Waals surface area (Å²) in [6.07, 6.45) is 7.10. The summed E-state index contributed by atoms with van der Waals surface area (Å²) in [5, 5.41) is 2.07. The lowest BCUT2D eigenvalue weighted by Crippen LogP contribution is -2.26. The predicted octanol–water partition coefficient (Wildman–Crippen LogP) is 5.33. The Bertz CT molecular complexity index is 970. The molecule has 0 N–H and O–H groups in total. The maximum Gasteiger partial charge on any atom is 0.0529 e. The van der Waals surface area contributed by atoms with Crippen molar-refractivity contribution in [2.45, 2.75) is 26.8 Å². The van der Waals surface area contributed by atoms with Gasteiger partial charge < -0.3 is 9.47 Å². The van der Waals surface area contributed by atoms with E-state index in [1.54, 1.807) is 0 Å². The van der Waals surface area contributed by atoms with Crippen molar-refractivity contribution in [3.05, 3.63) is 64.6 Å². The third kappa shape index (κ3) is 3.06. The fraction of sp³-hybridized carbons (Fsp3) is 0.318. The molecule has 3 nitrogen and oxygen atoms in total. The number of hydrogen-bond donors (Lipinski definition) is 0. The van der Waals surface area contributed by atoms with E-state index in [0.29, 0.717) is 5.92 Å². The standard InChI is InChI=1S/C22H24ClN3/c1-15(2)19(16-6-9-24-10-7-16)14-26-21-5-4-17(23)12-18(21)20-13-25(3)11-8-22(20)26/h4-7,9-10,12,14-15H,8,11,13H2,1-3H3/b19-14-. The minimum Gasteiger partial charge on any atom is -0.320 e. The summed E-state index contributed by atoms with van der Waals surface area (Å²) in [4.78, 5) is 6.55. The Hall–Kier alpha value is -2.10. The summed E-state index contributed by atoms with van der Waals surface area (Å²) in [6, 6.07) is 10.4. The van der Waals surface area contributed by atoms with Gasteiger partial charge in [0.25, 0.3) is 0 Å². The Balaban J connectivity index is 1.96. The predicted molar refractivity (Wildman–Crippen MR) is 110 cm³/mol. The molecule has 0 fully saturated rings. The number of fused-ring (bicyclic) bond motifs is 3. The molecular weight excluding hydrogens is 342 g/mol. The summed E-state index contributed by atoms with van der Waals surface area (Å²) >= 11 is 6.31. The normalized spacial score (nSPS) is 15.7. The molecule has 0 spiro atoms. The molecule has 0 saturated heterocycles. The molecule has 3 aromatic rings. The van der Waals surface area contributed by atoms with Gasteiger partial charge in [-0.1, -0.05) is 25.4 Å². The summed E-state index contributed by atoms with van der Waals surface area (Å²) in [5.74, 6) is 0.420. The van der Waals surface area contributed by atoms with E-state index in [0.717, 1.165) is 24.5 Å². The van der Waals surface area contributed by atoms with Crippen LogP contribution in [0.4, 0.5) is 0 Å². The van der Waals surface area contributed by atoms with Crippen molar-refractivity contribution in [1.29, 1.82) is 0 Å². The lowest BCUT2D eigenvalue weighted by atomic mass is 9.97. The van der Waals surface area contributed by atoms with Crippen molar-refractivity contribution in [1.82, 2.24) is 14.5 Å². The number of hydrogen-bond acceptors (Lipinski definition) is 2. The number of halogens is 1. The van der Waals surface area contributed by atoms with Crippen LogP contribution < -0.4 is 0 Å². The Morgan fingerprint density at radius 1 is 1.19 bits per heavy atom. The Morgan fingerprint density at radius 3 is 2.69 bits per heavy atom. The minimum absolute atomic E-state index is 0.420. The molecule has 4 heteroatoms. The smallest absolute Gasteiger partial charge is 0.0529 e. The lowest BCUT2D eigenvalue weighted by molar-refractivity contribution is 0.312. The van der Waals surface area contributed by atoms with Gasteiger partial charge in [-0.25, -0.2) is 0 Å². The Kier molecular flexibility index (Phi) is 4.60. The summed E-state index contributed by atoms with van der Waals surface area (Å²) in [5.41, 5.74) is 6.60. The second-order valence-corrected chi connectivity index (χ2v) is 7.86. The number of pyridine rings is 1. The van der Waals surface area contributed by atoms with Crippen molar-refractivity contribution in [2.24, 2.45) is 5.92 Å². The molecule has 3 heterocycles. The average molecular weight is 366 g/mol. The number of aromatic nitrogens is 2. The minimum atomic E-state index is 0.420. The molecule has 0 atom stereocenters. The van der Waals surface area contributed by atoms with Crippen molar-refractivity contribution in [2.75, 3.05) is 13.6 Å². The molecular formula is C22H24ClN3. The molecule has 4 rings (SSSR count). The maximum atomic E-state index is 6.31. The molecule has 0 saturated carbocycles. The molecule has 1 aliphatic rings. The number of rotatable bonds is 3. The van der Waals surface area contributed by atoms with Crippen molar-refractivity contribution in [3.63, 3.8) is 0 Å². The maximum absolute atomic E-state index is 6.31. The van der Waals surface area contributed by atoms with Gasteiger partial charge in [-0.3, -0.25) is 4.98 Å². The molecule has 0 amide bonds. The van der Waals surface area contributed by atoms with E-state index >= 15 is 0 Å². The average Bonchev–Trinajstić information content (AvgIpc) is 2.92. The number of likely N-dealkylation sites (N-methyl/N-ethyl adjacent to an activating group) is 1. The van der Waals surface area contributed by atoms with E-state index in [2.05, 4.69) is 65.8 Å². The second-order valence-electron chi connectivity index (χ2n) is 7.42. The van der Waals surface area contributed by atoms with Crippen LogP contribution in [0.5, 0.6) is 0 Å². The largest absolute Gasteiger partial charge is 0.320 e. The highest BCUT2D eigenvalue weighted by Crippen LogP contribution is 2.34. The van der Waals surface area contributed by atoms with E-state index in [9.17, 15) is 0 Å². The Labute approximate surface area is 159 Å². The zero-order valence-corrected chi connectivity index (χ0v) is 16.3.